The zero-order valence-electron chi connectivity index (χ0n) is 14.7. The van der Waals surface area contributed by atoms with Crippen molar-refractivity contribution in [2.75, 3.05) is 13.2 Å². The second kappa shape index (κ2) is 7.51. The van der Waals surface area contributed by atoms with Gasteiger partial charge >= 0.3 is 0 Å². The summed E-state index contributed by atoms with van der Waals surface area (Å²) in [6.45, 7) is 1.33. The molecular formula is C20H21N3O2S. The number of amidine groups is 1. The smallest absolute Gasteiger partial charge is 0.266 e. The Morgan fingerprint density at radius 3 is 2.81 bits per heavy atom. The first-order valence-electron chi connectivity index (χ1n) is 8.79. The largest absolute Gasteiger partial charge is 0.376 e. The monoisotopic (exact) mass is 367 g/mol. The van der Waals surface area contributed by atoms with Gasteiger partial charge in [0.05, 0.1) is 23.2 Å². The number of benzene rings is 1. The van der Waals surface area contributed by atoms with Crippen molar-refractivity contribution >= 4 is 34.6 Å². The fraction of sp³-hybridized carbons (Fsp3) is 0.300. The molecule has 6 heteroatoms. The van der Waals surface area contributed by atoms with Gasteiger partial charge in [-0.25, -0.2) is 4.99 Å². The van der Waals surface area contributed by atoms with Crippen LogP contribution in [-0.4, -0.2) is 39.8 Å². The highest BCUT2D eigenvalue weighted by Crippen LogP contribution is 2.35. The average Bonchev–Trinajstić information content (AvgIpc) is 3.36. The summed E-state index contributed by atoms with van der Waals surface area (Å²) >= 11 is 1.43. The van der Waals surface area contributed by atoms with Gasteiger partial charge in [0.15, 0.2) is 5.17 Å². The van der Waals surface area contributed by atoms with Gasteiger partial charge in [-0.1, -0.05) is 18.2 Å². The Kier molecular flexibility index (Phi) is 4.95. The van der Waals surface area contributed by atoms with Gasteiger partial charge in [-0.05, 0) is 54.9 Å². The van der Waals surface area contributed by atoms with E-state index in [1.165, 1.54) is 11.8 Å². The van der Waals surface area contributed by atoms with Gasteiger partial charge < -0.3 is 9.30 Å². The van der Waals surface area contributed by atoms with Crippen LogP contribution in [0.3, 0.4) is 0 Å². The van der Waals surface area contributed by atoms with Crippen LogP contribution in [0.5, 0.6) is 0 Å². The lowest BCUT2D eigenvalue weighted by Gasteiger charge is -2.19. The van der Waals surface area contributed by atoms with E-state index in [1.54, 1.807) is 4.90 Å². The van der Waals surface area contributed by atoms with Gasteiger partial charge in [0.1, 0.15) is 0 Å². The molecule has 2 aliphatic rings. The molecule has 2 aromatic rings. The highest BCUT2D eigenvalue weighted by Gasteiger charge is 2.36. The van der Waals surface area contributed by atoms with Crippen LogP contribution in [0.2, 0.25) is 0 Å². The van der Waals surface area contributed by atoms with Gasteiger partial charge in [0, 0.05) is 25.5 Å². The molecule has 134 valence electrons. The fourth-order valence-corrected chi connectivity index (χ4v) is 4.11. The number of carbonyl (C=O) groups is 1. The molecule has 2 aliphatic heterocycles. The Morgan fingerprint density at radius 2 is 2.12 bits per heavy atom. The van der Waals surface area contributed by atoms with Crippen LogP contribution in [0.1, 0.15) is 18.5 Å². The molecule has 0 N–H and O–H groups in total. The molecule has 0 saturated carbocycles. The molecule has 1 aromatic heterocycles. The van der Waals surface area contributed by atoms with E-state index in [0.29, 0.717) is 11.4 Å². The quantitative estimate of drug-likeness (QED) is 0.772. The summed E-state index contributed by atoms with van der Waals surface area (Å²) in [7, 11) is 1.97. The second-order valence-electron chi connectivity index (χ2n) is 6.44. The Hall–Kier alpha value is -2.31. The van der Waals surface area contributed by atoms with Crippen molar-refractivity contribution < 1.29 is 9.53 Å². The molecule has 0 bridgehead atoms. The van der Waals surface area contributed by atoms with Crippen molar-refractivity contribution in [3.8, 4) is 0 Å². The van der Waals surface area contributed by atoms with Crippen LogP contribution in [-0.2, 0) is 16.6 Å². The summed E-state index contributed by atoms with van der Waals surface area (Å²) < 4.78 is 7.74. The summed E-state index contributed by atoms with van der Waals surface area (Å²) in [5, 5.41) is 0.720. The maximum atomic E-state index is 13.0. The van der Waals surface area contributed by atoms with Crippen molar-refractivity contribution in [3.63, 3.8) is 0 Å². The van der Waals surface area contributed by atoms with E-state index in [0.717, 1.165) is 36.0 Å². The second-order valence-corrected chi connectivity index (χ2v) is 7.44. The number of rotatable bonds is 4. The van der Waals surface area contributed by atoms with E-state index >= 15 is 0 Å². The number of amides is 1. The van der Waals surface area contributed by atoms with E-state index in [2.05, 4.69) is 0 Å². The number of para-hydroxylation sites is 1. The third kappa shape index (κ3) is 3.61. The van der Waals surface area contributed by atoms with Gasteiger partial charge in [-0.15, -0.1) is 0 Å². The molecule has 1 amide bonds. The first-order valence-corrected chi connectivity index (χ1v) is 9.60. The molecular weight excluding hydrogens is 346 g/mol. The standard InChI is InChI=1S/C20H21N3O2S/c1-22-11-5-9-16(22)13-18-19(24)23(14-17-10-6-12-25-17)20(26-18)21-15-7-3-2-4-8-15/h2-5,7-9,11,13,17H,6,10,12,14H2,1H3/b18-13-,21-20?/t17-/m1/s1. The van der Waals surface area contributed by atoms with Crippen LogP contribution in [0.25, 0.3) is 6.08 Å². The maximum absolute atomic E-state index is 13.0. The summed E-state index contributed by atoms with van der Waals surface area (Å²) in [6, 6.07) is 13.7. The van der Waals surface area contributed by atoms with Crippen molar-refractivity contribution in [2.45, 2.75) is 18.9 Å². The lowest BCUT2D eigenvalue weighted by molar-refractivity contribution is -0.123. The first kappa shape index (κ1) is 17.1. The Balaban J connectivity index is 1.65. The van der Waals surface area contributed by atoms with Crippen LogP contribution in [0, 0.1) is 0 Å². The molecule has 0 radical (unpaired) electrons. The van der Waals surface area contributed by atoms with E-state index in [9.17, 15) is 4.79 Å². The van der Waals surface area contributed by atoms with Crippen molar-refractivity contribution in [2.24, 2.45) is 12.0 Å². The predicted octanol–water partition coefficient (Wildman–Crippen LogP) is 3.81. The molecule has 0 aliphatic carbocycles. The lowest BCUT2D eigenvalue weighted by Crippen LogP contribution is -2.36. The minimum Gasteiger partial charge on any atom is -0.376 e. The third-order valence-electron chi connectivity index (χ3n) is 4.54. The molecule has 2 fully saturated rings. The summed E-state index contributed by atoms with van der Waals surface area (Å²) in [5.74, 6) is 0.00128. The van der Waals surface area contributed by atoms with Gasteiger partial charge in [0.25, 0.3) is 5.91 Å². The van der Waals surface area contributed by atoms with E-state index in [1.807, 2.05) is 66.4 Å². The highest BCUT2D eigenvalue weighted by molar-refractivity contribution is 8.18. The van der Waals surface area contributed by atoms with Crippen LogP contribution in [0.15, 0.2) is 58.6 Å². The van der Waals surface area contributed by atoms with Crippen LogP contribution < -0.4 is 0 Å². The number of hydrogen-bond donors (Lipinski definition) is 0. The molecule has 4 rings (SSSR count). The van der Waals surface area contributed by atoms with Crippen molar-refractivity contribution in [1.82, 2.24) is 9.47 Å². The number of thioether (sulfide) groups is 1. The zero-order valence-corrected chi connectivity index (χ0v) is 15.5. The fourth-order valence-electron chi connectivity index (χ4n) is 3.12. The molecule has 0 unspecified atom stereocenters. The number of carbonyl (C=O) groups excluding carboxylic acids is 1. The van der Waals surface area contributed by atoms with Crippen LogP contribution >= 0.6 is 11.8 Å². The van der Waals surface area contributed by atoms with Crippen molar-refractivity contribution in [1.29, 1.82) is 0 Å². The normalized spacial score (nSPS) is 23.5. The first-order chi connectivity index (χ1) is 12.7. The topological polar surface area (TPSA) is 46.8 Å². The third-order valence-corrected chi connectivity index (χ3v) is 5.55. The number of ether oxygens (including phenoxy) is 1. The molecule has 1 aromatic carbocycles. The summed E-state index contributed by atoms with van der Waals surface area (Å²) in [5.41, 5.74) is 1.85. The predicted molar refractivity (Wildman–Crippen MR) is 105 cm³/mol. The van der Waals surface area contributed by atoms with Crippen LogP contribution in [0.4, 0.5) is 5.69 Å². The maximum Gasteiger partial charge on any atom is 0.266 e. The Labute approximate surface area is 157 Å². The number of aromatic nitrogens is 1. The molecule has 3 heterocycles. The summed E-state index contributed by atoms with van der Waals surface area (Å²) in [6.07, 6.45) is 6.04. The molecule has 1 atom stereocenters. The average molecular weight is 367 g/mol. The number of hydrogen-bond acceptors (Lipinski definition) is 4. The van der Waals surface area contributed by atoms with Gasteiger partial charge in [-0.2, -0.15) is 0 Å². The van der Waals surface area contributed by atoms with E-state index in [4.69, 9.17) is 9.73 Å². The minimum absolute atomic E-state index is 0.00128. The molecule has 0 spiro atoms. The zero-order chi connectivity index (χ0) is 17.9. The lowest BCUT2D eigenvalue weighted by atomic mass is 10.2. The van der Waals surface area contributed by atoms with Gasteiger partial charge in [0.2, 0.25) is 0 Å². The SMILES string of the molecule is Cn1cccc1/C=C1\SC(=Nc2ccccc2)N(C[C@H]2CCCO2)C1=O. The highest BCUT2D eigenvalue weighted by atomic mass is 32.2. The van der Waals surface area contributed by atoms with Crippen molar-refractivity contribution in [3.05, 3.63) is 59.3 Å². The Morgan fingerprint density at radius 1 is 1.27 bits per heavy atom. The number of nitrogens with zero attached hydrogens (tertiary/aromatic N) is 3. The summed E-state index contributed by atoms with van der Waals surface area (Å²) in [4.78, 5) is 20.2. The Bertz CT molecular complexity index is 851. The van der Waals surface area contributed by atoms with Gasteiger partial charge in [-0.3, -0.25) is 9.69 Å². The minimum atomic E-state index is 0.00128. The molecule has 2 saturated heterocycles. The molecule has 5 nitrogen and oxygen atoms in total. The van der Waals surface area contributed by atoms with E-state index in [-0.39, 0.29) is 12.0 Å². The number of aliphatic imine (C=N–C) groups is 1. The molecule has 26 heavy (non-hydrogen) atoms. The number of aryl methyl sites for hydroxylation is 1. The van der Waals surface area contributed by atoms with E-state index < -0.39 is 0 Å².